The van der Waals surface area contributed by atoms with Gasteiger partial charge < -0.3 is 10.6 Å². The van der Waals surface area contributed by atoms with E-state index in [2.05, 4.69) is 10.6 Å². The molecule has 5 heteroatoms. The lowest BCUT2D eigenvalue weighted by molar-refractivity contribution is -0.126. The number of hydrogen-bond donors (Lipinski definition) is 2. The summed E-state index contributed by atoms with van der Waals surface area (Å²) in [5.41, 5.74) is 0.943. The first-order valence-corrected chi connectivity index (χ1v) is 7.31. The topological polar surface area (TPSA) is 58.2 Å². The maximum Gasteiger partial charge on any atom is 0.247 e. The van der Waals surface area contributed by atoms with E-state index in [-0.39, 0.29) is 23.5 Å². The lowest BCUT2D eigenvalue weighted by atomic mass is 9.97. The van der Waals surface area contributed by atoms with Gasteiger partial charge in [-0.1, -0.05) is 18.9 Å². The molecule has 0 unspecified atom stereocenters. The van der Waals surface area contributed by atoms with Crippen molar-refractivity contribution in [3.63, 3.8) is 0 Å². The van der Waals surface area contributed by atoms with Crippen molar-refractivity contribution in [3.05, 3.63) is 29.6 Å². The predicted octanol–water partition coefficient (Wildman–Crippen LogP) is 2.77. The number of aryl methyl sites for hydroxylation is 1. The maximum atomic E-state index is 13.5. The highest BCUT2D eigenvalue weighted by Crippen LogP contribution is 2.28. The third kappa shape index (κ3) is 4.03. The van der Waals surface area contributed by atoms with E-state index in [4.69, 9.17) is 0 Å². The van der Waals surface area contributed by atoms with E-state index in [1.165, 1.54) is 13.0 Å². The minimum Gasteiger partial charge on any atom is -0.344 e. The van der Waals surface area contributed by atoms with Crippen LogP contribution in [0.5, 0.6) is 0 Å². The lowest BCUT2D eigenvalue weighted by Crippen LogP contribution is -2.47. The lowest BCUT2D eigenvalue weighted by Gasteiger charge is -2.23. The number of rotatable bonds is 4. The molecular formula is C16H21FN2O2. The quantitative estimate of drug-likeness (QED) is 0.896. The van der Waals surface area contributed by atoms with Crippen LogP contribution in [-0.2, 0) is 9.59 Å². The molecule has 1 aliphatic rings. The zero-order valence-electron chi connectivity index (χ0n) is 12.4. The molecule has 1 atom stereocenters. The smallest absolute Gasteiger partial charge is 0.247 e. The number of nitrogens with one attached hydrogen (secondary N) is 2. The molecule has 21 heavy (non-hydrogen) atoms. The maximum absolute atomic E-state index is 13.5. The van der Waals surface area contributed by atoms with Crippen molar-refractivity contribution in [2.24, 2.45) is 5.92 Å². The Balaban J connectivity index is 2.09. The predicted molar refractivity (Wildman–Crippen MR) is 79.3 cm³/mol. The van der Waals surface area contributed by atoms with Crippen molar-refractivity contribution in [1.82, 2.24) is 5.32 Å². The highest BCUT2D eigenvalue weighted by Gasteiger charge is 2.31. The number of halogens is 1. The van der Waals surface area contributed by atoms with Crippen LogP contribution in [0.2, 0.25) is 0 Å². The molecule has 0 heterocycles. The molecule has 0 aliphatic heterocycles. The minimum atomic E-state index is -0.547. The summed E-state index contributed by atoms with van der Waals surface area (Å²) in [5.74, 6) is -0.702. The van der Waals surface area contributed by atoms with Crippen LogP contribution in [0.4, 0.5) is 10.1 Å². The zero-order chi connectivity index (χ0) is 15.4. The summed E-state index contributed by atoms with van der Waals surface area (Å²) in [4.78, 5) is 23.7. The molecule has 114 valence electrons. The van der Waals surface area contributed by atoms with E-state index in [1.54, 1.807) is 19.1 Å². The van der Waals surface area contributed by atoms with Gasteiger partial charge >= 0.3 is 0 Å². The van der Waals surface area contributed by atoms with E-state index in [9.17, 15) is 14.0 Å². The van der Waals surface area contributed by atoms with Gasteiger partial charge in [0.1, 0.15) is 11.9 Å². The molecule has 0 spiro atoms. The Kier molecular flexibility index (Phi) is 4.94. The Morgan fingerprint density at radius 3 is 2.52 bits per heavy atom. The molecule has 0 aromatic heterocycles. The number of benzene rings is 1. The molecule has 1 aliphatic carbocycles. The zero-order valence-corrected chi connectivity index (χ0v) is 12.4. The Hall–Kier alpha value is -1.91. The Labute approximate surface area is 124 Å². The second-order valence-electron chi connectivity index (χ2n) is 5.68. The standard InChI is InChI=1S/C16H21FN2O2/c1-10-7-8-13(9-14(10)17)19-16(21)15(18-11(2)20)12-5-3-4-6-12/h7-9,12,15H,3-6H2,1-2H3,(H,18,20)(H,19,21)/t15-/m1/s1. The normalized spacial score (nSPS) is 16.5. The van der Waals surface area contributed by atoms with Crippen LogP contribution >= 0.6 is 0 Å². The van der Waals surface area contributed by atoms with Crippen molar-refractivity contribution in [2.45, 2.75) is 45.6 Å². The van der Waals surface area contributed by atoms with Crippen LogP contribution in [0.25, 0.3) is 0 Å². The molecule has 1 aromatic carbocycles. The number of anilines is 1. The third-order valence-electron chi connectivity index (χ3n) is 3.95. The van der Waals surface area contributed by atoms with Crippen LogP contribution in [-0.4, -0.2) is 17.9 Å². The summed E-state index contributed by atoms with van der Waals surface area (Å²) in [6, 6.07) is 4.03. The molecule has 1 aromatic rings. The molecule has 2 N–H and O–H groups in total. The molecule has 1 fully saturated rings. The third-order valence-corrected chi connectivity index (χ3v) is 3.95. The van der Waals surface area contributed by atoms with E-state index < -0.39 is 6.04 Å². The summed E-state index contributed by atoms with van der Waals surface area (Å²) < 4.78 is 13.5. The molecule has 2 amide bonds. The van der Waals surface area contributed by atoms with Gasteiger partial charge in [-0.05, 0) is 43.4 Å². The minimum absolute atomic E-state index is 0.157. The summed E-state index contributed by atoms with van der Waals surface area (Å²) in [7, 11) is 0. The van der Waals surface area contributed by atoms with Gasteiger partial charge in [0.05, 0.1) is 0 Å². The molecule has 1 saturated carbocycles. The average Bonchev–Trinajstić information content (AvgIpc) is 2.93. The summed E-state index contributed by atoms with van der Waals surface area (Å²) >= 11 is 0. The van der Waals surface area contributed by atoms with E-state index in [1.807, 2.05) is 0 Å². The van der Waals surface area contributed by atoms with Crippen LogP contribution in [0.1, 0.15) is 38.2 Å². The number of hydrogen-bond acceptors (Lipinski definition) is 2. The molecule has 0 radical (unpaired) electrons. The van der Waals surface area contributed by atoms with Crippen molar-refractivity contribution in [3.8, 4) is 0 Å². The highest BCUT2D eigenvalue weighted by atomic mass is 19.1. The van der Waals surface area contributed by atoms with Gasteiger partial charge in [0, 0.05) is 12.6 Å². The van der Waals surface area contributed by atoms with Gasteiger partial charge in [-0.15, -0.1) is 0 Å². The van der Waals surface area contributed by atoms with Crippen molar-refractivity contribution < 1.29 is 14.0 Å². The first-order chi connectivity index (χ1) is 9.97. The number of carbonyl (C=O) groups is 2. The van der Waals surface area contributed by atoms with Gasteiger partial charge in [-0.3, -0.25) is 9.59 Å². The van der Waals surface area contributed by atoms with Crippen molar-refractivity contribution >= 4 is 17.5 Å². The van der Waals surface area contributed by atoms with E-state index in [0.717, 1.165) is 25.7 Å². The fourth-order valence-corrected chi connectivity index (χ4v) is 2.80. The Morgan fingerprint density at radius 2 is 1.95 bits per heavy atom. The molecule has 4 nitrogen and oxygen atoms in total. The largest absolute Gasteiger partial charge is 0.344 e. The summed E-state index contributed by atoms with van der Waals surface area (Å²) in [6.07, 6.45) is 4.02. The fraction of sp³-hybridized carbons (Fsp3) is 0.500. The van der Waals surface area contributed by atoms with Crippen molar-refractivity contribution in [2.75, 3.05) is 5.32 Å². The number of carbonyl (C=O) groups excluding carboxylic acids is 2. The average molecular weight is 292 g/mol. The number of amides is 2. The summed E-state index contributed by atoms with van der Waals surface area (Å²) in [5, 5.41) is 5.42. The van der Waals surface area contributed by atoms with Crippen LogP contribution in [0.3, 0.4) is 0 Å². The van der Waals surface area contributed by atoms with Gasteiger partial charge in [-0.25, -0.2) is 4.39 Å². The van der Waals surface area contributed by atoms with E-state index in [0.29, 0.717) is 11.3 Å². The second kappa shape index (κ2) is 6.70. The monoisotopic (exact) mass is 292 g/mol. The SMILES string of the molecule is CC(=O)N[C@@H](C(=O)Nc1ccc(C)c(F)c1)C1CCCC1. The first-order valence-electron chi connectivity index (χ1n) is 7.31. The second-order valence-corrected chi connectivity index (χ2v) is 5.68. The van der Waals surface area contributed by atoms with Crippen LogP contribution in [0.15, 0.2) is 18.2 Å². The van der Waals surface area contributed by atoms with E-state index >= 15 is 0 Å². The fourth-order valence-electron chi connectivity index (χ4n) is 2.80. The van der Waals surface area contributed by atoms with Gasteiger partial charge in [0.2, 0.25) is 11.8 Å². The molecule has 0 bridgehead atoms. The van der Waals surface area contributed by atoms with Crippen LogP contribution in [0, 0.1) is 18.7 Å². The van der Waals surface area contributed by atoms with Gasteiger partial charge in [-0.2, -0.15) is 0 Å². The van der Waals surface area contributed by atoms with Gasteiger partial charge in [0.25, 0.3) is 0 Å². The molecule has 2 rings (SSSR count). The van der Waals surface area contributed by atoms with Crippen molar-refractivity contribution in [1.29, 1.82) is 0 Å². The Bertz CT molecular complexity index is 539. The molecular weight excluding hydrogens is 271 g/mol. The Morgan fingerprint density at radius 1 is 1.29 bits per heavy atom. The summed E-state index contributed by atoms with van der Waals surface area (Å²) in [6.45, 7) is 3.07. The van der Waals surface area contributed by atoms with Crippen LogP contribution < -0.4 is 10.6 Å². The van der Waals surface area contributed by atoms with Gasteiger partial charge in [0.15, 0.2) is 0 Å². The molecule has 0 saturated heterocycles. The first kappa shape index (κ1) is 15.5. The highest BCUT2D eigenvalue weighted by molar-refractivity contribution is 5.97.